The first-order valence-electron chi connectivity index (χ1n) is 10.5. The number of nitrogens with zero attached hydrogens (tertiary/aromatic N) is 4. The third-order valence-electron chi connectivity index (χ3n) is 5.78. The molecule has 2 aromatic heterocycles. The van der Waals surface area contributed by atoms with Gasteiger partial charge in [-0.05, 0) is 35.8 Å². The molecule has 1 aliphatic heterocycles. The number of allylic oxidation sites excluding steroid dienone is 1. The second-order valence-corrected chi connectivity index (χ2v) is 11.3. The average molecular weight is 454 g/mol. The maximum Gasteiger partial charge on any atom is 0.147 e. The standard InChI is InChI=1S/C23H27N5O3S/c1-23(2,20(29)5-4-10-32(3,30)31)14-28-13-18-21(27-28)17-7-6-15(16-8-9-25-12-16)11-19(17)26-22(18)24/h6-9,11,13H,4-5,10,12,14H2,1-3H3,(H2,24,26). The Labute approximate surface area is 187 Å². The van der Waals surface area contributed by atoms with E-state index in [0.717, 1.165) is 32.9 Å². The molecule has 3 aromatic rings. The van der Waals surface area contributed by atoms with E-state index < -0.39 is 15.3 Å². The summed E-state index contributed by atoms with van der Waals surface area (Å²) in [7, 11) is -3.08. The zero-order valence-electron chi connectivity index (χ0n) is 18.5. The number of carbonyl (C=O) groups is 1. The minimum absolute atomic E-state index is 0.00774. The highest BCUT2D eigenvalue weighted by Crippen LogP contribution is 2.31. The van der Waals surface area contributed by atoms with Crippen LogP contribution in [0.15, 0.2) is 35.5 Å². The van der Waals surface area contributed by atoms with Gasteiger partial charge in [-0.15, -0.1) is 0 Å². The molecule has 0 saturated heterocycles. The largest absolute Gasteiger partial charge is 0.383 e. The molecule has 0 atom stereocenters. The first kappa shape index (κ1) is 22.1. The number of aromatic nitrogens is 3. The molecule has 0 aliphatic carbocycles. The Morgan fingerprint density at radius 2 is 2.03 bits per heavy atom. The number of pyridine rings is 1. The van der Waals surface area contributed by atoms with Gasteiger partial charge in [-0.25, -0.2) is 13.4 Å². The zero-order valence-corrected chi connectivity index (χ0v) is 19.3. The fraction of sp³-hybridized carbons (Fsp3) is 0.391. The number of ketones is 1. The van der Waals surface area contributed by atoms with Crippen LogP contribution in [0.1, 0.15) is 32.3 Å². The molecule has 0 saturated carbocycles. The number of nitrogens with two attached hydrogens (primary N) is 1. The Morgan fingerprint density at radius 3 is 2.72 bits per heavy atom. The normalized spacial score (nSPS) is 14.4. The lowest BCUT2D eigenvalue weighted by Gasteiger charge is -2.23. The summed E-state index contributed by atoms with van der Waals surface area (Å²) >= 11 is 0. The summed E-state index contributed by atoms with van der Waals surface area (Å²) < 4.78 is 24.4. The van der Waals surface area contributed by atoms with Gasteiger partial charge in [-0.3, -0.25) is 14.5 Å². The van der Waals surface area contributed by atoms with Crippen LogP contribution in [-0.4, -0.2) is 53.7 Å². The van der Waals surface area contributed by atoms with Gasteiger partial charge in [0.05, 0.1) is 29.7 Å². The molecule has 168 valence electrons. The van der Waals surface area contributed by atoms with Gasteiger partial charge >= 0.3 is 0 Å². The van der Waals surface area contributed by atoms with Crippen LogP contribution >= 0.6 is 0 Å². The first-order valence-corrected chi connectivity index (χ1v) is 12.6. The molecule has 2 N–H and O–H groups in total. The smallest absolute Gasteiger partial charge is 0.147 e. The van der Waals surface area contributed by atoms with Crippen LogP contribution in [-0.2, 0) is 21.2 Å². The number of nitrogen functional groups attached to an aromatic ring is 1. The third-order valence-corrected chi connectivity index (χ3v) is 6.81. The summed E-state index contributed by atoms with van der Waals surface area (Å²) in [5.41, 5.74) is 9.25. The molecule has 4 rings (SSSR count). The van der Waals surface area contributed by atoms with Gasteiger partial charge in [-0.1, -0.05) is 19.9 Å². The molecule has 1 aromatic carbocycles. The topological polar surface area (TPSA) is 120 Å². The molecular weight excluding hydrogens is 426 g/mol. The van der Waals surface area contributed by atoms with Crippen LogP contribution in [0.5, 0.6) is 0 Å². The number of benzene rings is 1. The van der Waals surface area contributed by atoms with Crippen LogP contribution in [0.2, 0.25) is 0 Å². The minimum Gasteiger partial charge on any atom is -0.383 e. The predicted molar refractivity (Wildman–Crippen MR) is 129 cm³/mol. The molecule has 0 radical (unpaired) electrons. The number of rotatable bonds is 8. The summed E-state index contributed by atoms with van der Waals surface area (Å²) in [4.78, 5) is 21.5. The van der Waals surface area contributed by atoms with E-state index in [-0.39, 0.29) is 18.0 Å². The van der Waals surface area contributed by atoms with E-state index >= 15 is 0 Å². The lowest BCUT2D eigenvalue weighted by molar-refractivity contribution is -0.127. The number of carbonyl (C=O) groups excluding carboxylic acids is 1. The zero-order chi connectivity index (χ0) is 23.1. The van der Waals surface area contributed by atoms with Crippen molar-refractivity contribution in [3.8, 4) is 0 Å². The Kier molecular flexibility index (Phi) is 5.62. The van der Waals surface area contributed by atoms with Gasteiger partial charge in [0, 0.05) is 35.9 Å². The summed E-state index contributed by atoms with van der Waals surface area (Å²) in [5, 5.41) is 6.37. The third kappa shape index (κ3) is 4.57. The van der Waals surface area contributed by atoms with Crippen molar-refractivity contribution in [2.45, 2.75) is 33.2 Å². The van der Waals surface area contributed by atoms with E-state index in [1.165, 1.54) is 6.26 Å². The van der Waals surface area contributed by atoms with Crippen molar-refractivity contribution in [2.75, 3.05) is 24.3 Å². The van der Waals surface area contributed by atoms with Gasteiger partial charge in [-0.2, -0.15) is 5.10 Å². The molecular formula is C23H27N5O3S. The Hall–Kier alpha value is -3.07. The van der Waals surface area contributed by atoms with Crippen molar-refractivity contribution in [1.29, 1.82) is 0 Å². The van der Waals surface area contributed by atoms with Crippen molar-refractivity contribution in [3.63, 3.8) is 0 Å². The molecule has 0 spiro atoms. The number of hydrogen-bond acceptors (Lipinski definition) is 7. The predicted octanol–water partition coefficient (Wildman–Crippen LogP) is 3.05. The number of Topliss-reactive ketones (excluding diaryl/α,β-unsaturated/α-hetero) is 1. The average Bonchev–Trinajstić information content (AvgIpc) is 3.36. The maximum absolute atomic E-state index is 12.7. The second kappa shape index (κ2) is 8.12. The number of hydrogen-bond donors (Lipinski definition) is 1. The number of fused-ring (bicyclic) bond motifs is 3. The van der Waals surface area contributed by atoms with Crippen molar-refractivity contribution in [1.82, 2.24) is 14.8 Å². The van der Waals surface area contributed by atoms with Gasteiger partial charge in [0.1, 0.15) is 27.0 Å². The van der Waals surface area contributed by atoms with Crippen LogP contribution < -0.4 is 5.73 Å². The molecule has 3 heterocycles. The van der Waals surface area contributed by atoms with E-state index in [1.54, 1.807) is 10.9 Å². The highest BCUT2D eigenvalue weighted by Gasteiger charge is 2.28. The summed E-state index contributed by atoms with van der Waals surface area (Å²) in [6.45, 7) is 4.73. The van der Waals surface area contributed by atoms with Crippen molar-refractivity contribution >= 4 is 55.0 Å². The van der Waals surface area contributed by atoms with E-state index in [4.69, 9.17) is 10.8 Å². The van der Waals surface area contributed by atoms with E-state index in [1.807, 2.05) is 44.3 Å². The molecule has 0 unspecified atom stereocenters. The minimum atomic E-state index is -3.08. The van der Waals surface area contributed by atoms with Crippen molar-refractivity contribution in [3.05, 3.63) is 36.0 Å². The van der Waals surface area contributed by atoms with E-state index in [2.05, 4.69) is 9.98 Å². The lowest BCUT2D eigenvalue weighted by Crippen LogP contribution is -2.30. The Balaban J connectivity index is 1.60. The molecule has 0 fully saturated rings. The fourth-order valence-electron chi connectivity index (χ4n) is 3.96. The SMILES string of the molecule is CC(C)(Cn1cc2c(N)nc3cc(C4=CC=NC4)ccc3c2n1)C(=O)CCCS(C)(=O)=O. The summed E-state index contributed by atoms with van der Waals surface area (Å²) in [6, 6.07) is 6.03. The van der Waals surface area contributed by atoms with Crippen LogP contribution in [0.3, 0.4) is 0 Å². The highest BCUT2D eigenvalue weighted by atomic mass is 32.2. The quantitative estimate of drug-likeness (QED) is 0.560. The monoisotopic (exact) mass is 453 g/mol. The van der Waals surface area contributed by atoms with Gasteiger partial charge in [0.15, 0.2) is 0 Å². The van der Waals surface area contributed by atoms with Crippen LogP contribution in [0.4, 0.5) is 5.82 Å². The summed E-state index contributed by atoms with van der Waals surface area (Å²) in [6.07, 6.45) is 7.35. The maximum atomic E-state index is 12.7. The van der Waals surface area contributed by atoms with Gasteiger partial charge in [0.2, 0.25) is 0 Å². The molecule has 0 amide bonds. The van der Waals surface area contributed by atoms with E-state index in [0.29, 0.717) is 25.3 Å². The van der Waals surface area contributed by atoms with E-state index in [9.17, 15) is 13.2 Å². The first-order chi connectivity index (χ1) is 15.0. The second-order valence-electron chi connectivity index (χ2n) is 9.04. The number of anilines is 1. The van der Waals surface area contributed by atoms with Gasteiger partial charge < -0.3 is 5.73 Å². The van der Waals surface area contributed by atoms with Crippen LogP contribution in [0.25, 0.3) is 27.4 Å². The molecule has 9 heteroatoms. The number of sulfone groups is 1. The van der Waals surface area contributed by atoms with Crippen molar-refractivity contribution < 1.29 is 13.2 Å². The Morgan fingerprint density at radius 1 is 1.25 bits per heavy atom. The fourth-order valence-corrected chi connectivity index (χ4v) is 4.63. The molecule has 32 heavy (non-hydrogen) atoms. The van der Waals surface area contributed by atoms with Gasteiger partial charge in [0.25, 0.3) is 0 Å². The molecule has 8 nitrogen and oxygen atoms in total. The summed E-state index contributed by atoms with van der Waals surface area (Å²) in [5.74, 6) is 0.415. The lowest BCUT2D eigenvalue weighted by atomic mass is 9.86. The van der Waals surface area contributed by atoms with Crippen molar-refractivity contribution in [2.24, 2.45) is 10.4 Å². The molecule has 1 aliphatic rings. The highest BCUT2D eigenvalue weighted by molar-refractivity contribution is 7.90. The molecule has 0 bridgehead atoms. The number of aliphatic imine (C=N–C) groups is 1. The Bertz CT molecular complexity index is 1380. The van der Waals surface area contributed by atoms with Crippen LogP contribution in [0, 0.1) is 5.41 Å².